The van der Waals surface area contributed by atoms with Crippen LogP contribution in [0.4, 0.5) is 5.69 Å². The first kappa shape index (κ1) is 15.7. The van der Waals surface area contributed by atoms with E-state index in [9.17, 15) is 8.42 Å². The largest absolute Gasteiger partial charge is 0.334 e. The fraction of sp³-hybridized carbons (Fsp3) is 0.0667. The number of anilines is 1. The van der Waals surface area contributed by atoms with Crippen molar-refractivity contribution >= 4 is 31.6 Å². The van der Waals surface area contributed by atoms with E-state index in [4.69, 9.17) is 4.52 Å². The lowest BCUT2D eigenvalue weighted by atomic mass is 10.2. The van der Waals surface area contributed by atoms with Crippen LogP contribution in [0, 0.1) is 0 Å². The fourth-order valence-electron chi connectivity index (χ4n) is 1.98. The van der Waals surface area contributed by atoms with E-state index >= 15 is 0 Å². The fourth-order valence-corrected chi connectivity index (χ4v) is 2.94. The Morgan fingerprint density at radius 3 is 2.48 bits per heavy atom. The number of hydrogen-bond donors (Lipinski definition) is 1. The molecule has 0 aliphatic carbocycles. The third kappa shape index (κ3) is 3.96. The first-order chi connectivity index (χ1) is 10.9. The molecular weight excluding hydrogens is 382 g/mol. The molecule has 2 aromatic carbocycles. The Morgan fingerprint density at radius 1 is 1.09 bits per heavy atom. The maximum atomic E-state index is 11.2. The molecule has 0 aliphatic rings. The van der Waals surface area contributed by atoms with E-state index in [2.05, 4.69) is 30.8 Å². The van der Waals surface area contributed by atoms with Crippen LogP contribution in [0.2, 0.25) is 0 Å². The number of benzene rings is 2. The molecule has 0 saturated carbocycles. The number of sulfonamides is 1. The number of nitrogens with zero attached hydrogens (tertiary/aromatic N) is 2. The van der Waals surface area contributed by atoms with Gasteiger partial charge >= 0.3 is 0 Å². The smallest absolute Gasteiger partial charge is 0.258 e. The van der Waals surface area contributed by atoms with Crippen LogP contribution in [0.15, 0.2) is 57.5 Å². The Balaban J connectivity index is 1.86. The van der Waals surface area contributed by atoms with Gasteiger partial charge in [-0.25, -0.2) is 8.42 Å². The molecule has 1 aromatic heterocycles. The predicted octanol–water partition coefficient (Wildman–Crippen LogP) is 3.54. The van der Waals surface area contributed by atoms with Gasteiger partial charge in [0.25, 0.3) is 5.89 Å². The molecule has 0 atom stereocenters. The first-order valence-electron chi connectivity index (χ1n) is 6.58. The van der Waals surface area contributed by atoms with Crippen LogP contribution in [0.25, 0.3) is 22.8 Å². The summed E-state index contributed by atoms with van der Waals surface area (Å²) in [6.45, 7) is 0. The van der Waals surface area contributed by atoms with Gasteiger partial charge in [-0.2, -0.15) is 4.98 Å². The maximum Gasteiger partial charge on any atom is 0.258 e. The van der Waals surface area contributed by atoms with Gasteiger partial charge in [0.2, 0.25) is 15.8 Å². The van der Waals surface area contributed by atoms with E-state index in [0.717, 1.165) is 21.9 Å². The second-order valence-electron chi connectivity index (χ2n) is 4.89. The standard InChI is InChI=1S/C15H12BrN3O3S/c1-23(20,21)19-13-7-5-10(6-8-13)14-17-15(22-18-14)11-3-2-4-12(16)9-11/h2-9,19H,1H3. The van der Waals surface area contributed by atoms with Crippen molar-refractivity contribution < 1.29 is 12.9 Å². The topological polar surface area (TPSA) is 85.1 Å². The van der Waals surface area contributed by atoms with Crippen LogP contribution in [0.5, 0.6) is 0 Å². The first-order valence-corrected chi connectivity index (χ1v) is 9.27. The summed E-state index contributed by atoms with van der Waals surface area (Å²) in [7, 11) is -3.29. The van der Waals surface area contributed by atoms with E-state index in [-0.39, 0.29) is 0 Å². The highest BCUT2D eigenvalue weighted by atomic mass is 79.9. The Morgan fingerprint density at radius 2 is 1.83 bits per heavy atom. The molecule has 118 valence electrons. The van der Waals surface area contributed by atoms with E-state index in [0.29, 0.717) is 17.4 Å². The highest BCUT2D eigenvalue weighted by Gasteiger charge is 2.11. The molecule has 0 fully saturated rings. The average molecular weight is 394 g/mol. The number of aromatic nitrogens is 2. The molecule has 1 N–H and O–H groups in total. The normalized spacial score (nSPS) is 11.4. The van der Waals surface area contributed by atoms with Crippen LogP contribution in [0.3, 0.4) is 0 Å². The van der Waals surface area contributed by atoms with Gasteiger partial charge in [-0.3, -0.25) is 4.72 Å². The third-order valence-electron chi connectivity index (χ3n) is 2.94. The summed E-state index contributed by atoms with van der Waals surface area (Å²) in [6, 6.07) is 14.3. The summed E-state index contributed by atoms with van der Waals surface area (Å²) in [6.07, 6.45) is 1.10. The predicted molar refractivity (Wildman–Crippen MR) is 91.3 cm³/mol. The lowest BCUT2D eigenvalue weighted by molar-refractivity contribution is 0.432. The molecule has 3 rings (SSSR count). The zero-order valence-electron chi connectivity index (χ0n) is 12.0. The van der Waals surface area contributed by atoms with Crippen LogP contribution in [0.1, 0.15) is 0 Å². The Hall–Kier alpha value is -2.19. The lowest BCUT2D eigenvalue weighted by Gasteiger charge is -2.03. The van der Waals surface area contributed by atoms with Crippen molar-refractivity contribution in [3.8, 4) is 22.8 Å². The van der Waals surface area contributed by atoms with Crippen molar-refractivity contribution in [3.05, 3.63) is 53.0 Å². The number of rotatable bonds is 4. The highest BCUT2D eigenvalue weighted by Crippen LogP contribution is 2.25. The van der Waals surface area contributed by atoms with Gasteiger partial charge in [0.15, 0.2) is 0 Å². The summed E-state index contributed by atoms with van der Waals surface area (Å²) >= 11 is 3.40. The Bertz CT molecular complexity index is 937. The second kappa shape index (κ2) is 6.13. The second-order valence-corrected chi connectivity index (χ2v) is 7.55. The van der Waals surface area contributed by atoms with Gasteiger partial charge in [0, 0.05) is 21.3 Å². The molecule has 0 saturated heterocycles. The van der Waals surface area contributed by atoms with Crippen LogP contribution < -0.4 is 4.72 Å². The molecule has 6 nitrogen and oxygen atoms in total. The third-order valence-corrected chi connectivity index (χ3v) is 4.04. The zero-order chi connectivity index (χ0) is 16.4. The molecular formula is C15H12BrN3O3S. The zero-order valence-corrected chi connectivity index (χ0v) is 14.4. The van der Waals surface area contributed by atoms with Crippen molar-refractivity contribution in [1.29, 1.82) is 0 Å². The van der Waals surface area contributed by atoms with E-state index in [1.165, 1.54) is 0 Å². The molecule has 0 aliphatic heterocycles. The molecule has 0 amide bonds. The number of nitrogens with one attached hydrogen (secondary N) is 1. The van der Waals surface area contributed by atoms with Gasteiger partial charge in [-0.1, -0.05) is 27.2 Å². The van der Waals surface area contributed by atoms with Gasteiger partial charge in [0.05, 0.1) is 6.26 Å². The molecule has 8 heteroatoms. The monoisotopic (exact) mass is 393 g/mol. The van der Waals surface area contributed by atoms with Gasteiger partial charge in [-0.05, 0) is 42.5 Å². The van der Waals surface area contributed by atoms with Crippen LogP contribution in [-0.2, 0) is 10.0 Å². The molecule has 1 heterocycles. The average Bonchev–Trinajstić information content (AvgIpc) is 2.96. The SMILES string of the molecule is CS(=O)(=O)Nc1ccc(-c2noc(-c3cccc(Br)c3)n2)cc1. The summed E-state index contributed by atoms with van der Waals surface area (Å²) in [5.74, 6) is 0.852. The maximum absolute atomic E-state index is 11.2. The molecule has 3 aromatic rings. The van der Waals surface area contributed by atoms with Crippen molar-refractivity contribution in [2.75, 3.05) is 11.0 Å². The van der Waals surface area contributed by atoms with Crippen LogP contribution in [-0.4, -0.2) is 24.8 Å². The summed E-state index contributed by atoms with van der Waals surface area (Å²) in [5, 5.41) is 3.96. The summed E-state index contributed by atoms with van der Waals surface area (Å²) < 4.78 is 31.0. The lowest BCUT2D eigenvalue weighted by Crippen LogP contribution is -2.09. The molecule has 0 unspecified atom stereocenters. The Kier molecular flexibility index (Phi) is 4.18. The van der Waals surface area contributed by atoms with Gasteiger partial charge in [0.1, 0.15) is 0 Å². The summed E-state index contributed by atoms with van der Waals surface area (Å²) in [4.78, 5) is 4.36. The quantitative estimate of drug-likeness (QED) is 0.732. The van der Waals surface area contributed by atoms with Crippen molar-refractivity contribution in [2.24, 2.45) is 0 Å². The minimum atomic E-state index is -3.29. The van der Waals surface area contributed by atoms with Crippen molar-refractivity contribution in [1.82, 2.24) is 10.1 Å². The van der Waals surface area contributed by atoms with E-state index < -0.39 is 10.0 Å². The minimum absolute atomic E-state index is 0.416. The van der Waals surface area contributed by atoms with Crippen molar-refractivity contribution in [2.45, 2.75) is 0 Å². The highest BCUT2D eigenvalue weighted by molar-refractivity contribution is 9.10. The molecule has 0 spiro atoms. The van der Waals surface area contributed by atoms with E-state index in [1.54, 1.807) is 24.3 Å². The van der Waals surface area contributed by atoms with E-state index in [1.807, 2.05) is 24.3 Å². The summed E-state index contributed by atoms with van der Waals surface area (Å²) in [5.41, 5.74) is 2.02. The Labute approximate surface area is 141 Å². The number of hydrogen-bond acceptors (Lipinski definition) is 5. The van der Waals surface area contributed by atoms with Crippen LogP contribution >= 0.6 is 15.9 Å². The molecule has 0 radical (unpaired) electrons. The molecule has 0 bridgehead atoms. The minimum Gasteiger partial charge on any atom is -0.334 e. The molecule has 23 heavy (non-hydrogen) atoms. The van der Waals surface area contributed by atoms with Gasteiger partial charge in [-0.15, -0.1) is 0 Å². The van der Waals surface area contributed by atoms with Gasteiger partial charge < -0.3 is 4.52 Å². The number of halogens is 1. The van der Waals surface area contributed by atoms with Crippen molar-refractivity contribution in [3.63, 3.8) is 0 Å².